The van der Waals surface area contributed by atoms with Crippen molar-refractivity contribution in [1.82, 2.24) is 15.0 Å². The topological polar surface area (TPSA) is 77.4 Å². The number of rotatable bonds is 5. The molecule has 2 N–H and O–H groups in total. The summed E-state index contributed by atoms with van der Waals surface area (Å²) in [6.07, 6.45) is 0.796. The van der Waals surface area contributed by atoms with Crippen LogP contribution in [0.1, 0.15) is 17.3 Å². The third-order valence-electron chi connectivity index (χ3n) is 3.56. The highest BCUT2D eigenvalue weighted by Crippen LogP contribution is 2.11. The van der Waals surface area contributed by atoms with Gasteiger partial charge in [-0.25, -0.2) is 0 Å². The molecule has 0 bridgehead atoms. The van der Waals surface area contributed by atoms with E-state index in [9.17, 15) is 0 Å². The molecule has 1 aliphatic heterocycles. The van der Waals surface area contributed by atoms with E-state index in [-0.39, 0.29) is 6.10 Å². The smallest absolute Gasteiger partial charge is 0.240 e. The lowest BCUT2D eigenvalue weighted by atomic mass is 10.1. The molecule has 1 aromatic heterocycles. The molecule has 1 saturated heterocycles. The van der Waals surface area contributed by atoms with Crippen molar-refractivity contribution in [1.29, 1.82) is 0 Å². The van der Waals surface area contributed by atoms with E-state index in [0.29, 0.717) is 32.0 Å². The molecule has 6 nitrogen and oxygen atoms in total. The van der Waals surface area contributed by atoms with Gasteiger partial charge < -0.3 is 15.0 Å². The molecule has 3 rings (SSSR count). The van der Waals surface area contributed by atoms with Crippen molar-refractivity contribution in [2.45, 2.75) is 19.1 Å². The highest BCUT2D eigenvalue weighted by Gasteiger charge is 2.21. The van der Waals surface area contributed by atoms with E-state index < -0.39 is 0 Å². The second-order valence-electron chi connectivity index (χ2n) is 5.23. The molecular weight excluding hydrogens is 268 g/mol. The van der Waals surface area contributed by atoms with Crippen molar-refractivity contribution in [3.05, 3.63) is 47.6 Å². The minimum Gasteiger partial charge on any atom is -0.374 e. The normalized spacial score (nSPS) is 19.8. The number of ether oxygens (including phenoxy) is 1. The number of hydrogen-bond donors (Lipinski definition) is 1. The Morgan fingerprint density at radius 2 is 2.14 bits per heavy atom. The molecule has 1 aliphatic rings. The second kappa shape index (κ2) is 6.80. The van der Waals surface area contributed by atoms with Gasteiger partial charge in [-0.05, 0) is 5.56 Å². The van der Waals surface area contributed by atoms with Crippen molar-refractivity contribution in [2.75, 3.05) is 26.2 Å². The van der Waals surface area contributed by atoms with Crippen LogP contribution in [-0.2, 0) is 17.7 Å². The zero-order chi connectivity index (χ0) is 14.5. The van der Waals surface area contributed by atoms with Crippen molar-refractivity contribution in [3.8, 4) is 0 Å². The highest BCUT2D eigenvalue weighted by molar-refractivity contribution is 5.18. The molecule has 1 unspecified atom stereocenters. The first-order valence-electron chi connectivity index (χ1n) is 7.23. The Hall–Kier alpha value is -1.76. The number of benzene rings is 1. The zero-order valence-electron chi connectivity index (χ0n) is 11.9. The van der Waals surface area contributed by atoms with Crippen LogP contribution in [0.4, 0.5) is 0 Å². The number of morpholine rings is 1. The summed E-state index contributed by atoms with van der Waals surface area (Å²) in [5, 5.41) is 4.05. The van der Waals surface area contributed by atoms with Gasteiger partial charge in [0.05, 0.1) is 19.3 Å². The van der Waals surface area contributed by atoms with E-state index in [1.54, 1.807) is 0 Å². The Kier molecular flexibility index (Phi) is 4.59. The van der Waals surface area contributed by atoms with Gasteiger partial charge >= 0.3 is 0 Å². The maximum Gasteiger partial charge on any atom is 0.240 e. The van der Waals surface area contributed by atoms with Gasteiger partial charge in [-0.1, -0.05) is 35.5 Å². The molecule has 2 heterocycles. The van der Waals surface area contributed by atoms with Crippen LogP contribution >= 0.6 is 0 Å². The molecule has 0 spiro atoms. The van der Waals surface area contributed by atoms with E-state index in [1.165, 1.54) is 5.56 Å². The largest absolute Gasteiger partial charge is 0.374 e. The first kappa shape index (κ1) is 14.2. The van der Waals surface area contributed by atoms with Crippen molar-refractivity contribution >= 4 is 0 Å². The molecule has 0 amide bonds. The monoisotopic (exact) mass is 288 g/mol. The summed E-state index contributed by atoms with van der Waals surface area (Å²) >= 11 is 0. The number of hydrogen-bond acceptors (Lipinski definition) is 6. The standard InChI is InChI=1S/C15H20N4O2/c16-9-13-10-19(6-7-20-13)11-15-17-14(18-21-15)8-12-4-2-1-3-5-12/h1-5,13H,6-11,16H2. The minimum atomic E-state index is 0.102. The lowest BCUT2D eigenvalue weighted by Gasteiger charge is -2.31. The predicted molar refractivity (Wildman–Crippen MR) is 77.6 cm³/mol. The van der Waals surface area contributed by atoms with Gasteiger partial charge in [0.1, 0.15) is 0 Å². The Balaban J connectivity index is 1.57. The van der Waals surface area contributed by atoms with Gasteiger partial charge in [-0.3, -0.25) is 4.90 Å². The van der Waals surface area contributed by atoms with Gasteiger partial charge in [0.2, 0.25) is 5.89 Å². The van der Waals surface area contributed by atoms with Crippen LogP contribution in [0.5, 0.6) is 0 Å². The number of nitrogens with zero attached hydrogens (tertiary/aromatic N) is 3. The van der Waals surface area contributed by atoms with Crippen LogP contribution in [0, 0.1) is 0 Å². The number of aromatic nitrogens is 2. The quantitative estimate of drug-likeness (QED) is 0.877. The molecule has 112 valence electrons. The SMILES string of the molecule is NCC1CN(Cc2nc(Cc3ccccc3)no2)CCO1. The van der Waals surface area contributed by atoms with E-state index >= 15 is 0 Å². The van der Waals surface area contributed by atoms with E-state index in [2.05, 4.69) is 27.2 Å². The Morgan fingerprint density at radius 3 is 2.95 bits per heavy atom. The van der Waals surface area contributed by atoms with Gasteiger partial charge in [0.25, 0.3) is 0 Å². The lowest BCUT2D eigenvalue weighted by Crippen LogP contribution is -2.45. The van der Waals surface area contributed by atoms with Crippen LogP contribution in [0.15, 0.2) is 34.9 Å². The Bertz CT molecular complexity index is 558. The maximum atomic E-state index is 5.65. The summed E-state index contributed by atoms with van der Waals surface area (Å²) < 4.78 is 10.9. The van der Waals surface area contributed by atoms with Crippen LogP contribution in [0.3, 0.4) is 0 Å². The van der Waals surface area contributed by atoms with Crippen LogP contribution in [0.25, 0.3) is 0 Å². The molecule has 0 aliphatic carbocycles. The van der Waals surface area contributed by atoms with E-state index in [4.69, 9.17) is 15.0 Å². The summed E-state index contributed by atoms with van der Waals surface area (Å²) in [7, 11) is 0. The van der Waals surface area contributed by atoms with Gasteiger partial charge in [-0.15, -0.1) is 0 Å². The number of nitrogens with two attached hydrogens (primary N) is 1. The second-order valence-corrected chi connectivity index (χ2v) is 5.23. The van der Waals surface area contributed by atoms with Crippen LogP contribution in [0.2, 0.25) is 0 Å². The first-order valence-corrected chi connectivity index (χ1v) is 7.23. The molecule has 21 heavy (non-hydrogen) atoms. The summed E-state index contributed by atoms with van der Waals surface area (Å²) in [6.45, 7) is 3.58. The fourth-order valence-electron chi connectivity index (χ4n) is 2.46. The van der Waals surface area contributed by atoms with Gasteiger partial charge in [0, 0.05) is 26.1 Å². The average Bonchev–Trinajstić information content (AvgIpc) is 2.95. The third kappa shape index (κ3) is 3.87. The lowest BCUT2D eigenvalue weighted by molar-refractivity contribution is -0.0288. The van der Waals surface area contributed by atoms with Gasteiger partial charge in [0.15, 0.2) is 5.82 Å². The van der Waals surface area contributed by atoms with E-state index in [1.807, 2.05) is 18.2 Å². The summed E-state index contributed by atoms with van der Waals surface area (Å²) in [4.78, 5) is 6.70. The predicted octanol–water partition coefficient (Wildman–Crippen LogP) is 0.820. The van der Waals surface area contributed by atoms with Crippen LogP contribution < -0.4 is 5.73 Å². The summed E-state index contributed by atoms with van der Waals surface area (Å²) in [5.41, 5.74) is 6.83. The van der Waals surface area contributed by atoms with Gasteiger partial charge in [-0.2, -0.15) is 4.98 Å². The fraction of sp³-hybridized carbons (Fsp3) is 0.467. The van der Waals surface area contributed by atoms with Crippen LogP contribution in [-0.4, -0.2) is 47.4 Å². The van der Waals surface area contributed by atoms with E-state index in [0.717, 1.165) is 18.9 Å². The Labute approximate surface area is 123 Å². The molecular formula is C15H20N4O2. The molecule has 0 radical (unpaired) electrons. The Morgan fingerprint density at radius 1 is 1.29 bits per heavy atom. The molecule has 1 fully saturated rings. The molecule has 1 aromatic carbocycles. The zero-order valence-corrected chi connectivity index (χ0v) is 11.9. The molecule has 1 atom stereocenters. The van der Waals surface area contributed by atoms with Crippen molar-refractivity contribution < 1.29 is 9.26 Å². The average molecular weight is 288 g/mol. The molecule has 6 heteroatoms. The molecule has 0 saturated carbocycles. The summed E-state index contributed by atoms with van der Waals surface area (Å²) in [6, 6.07) is 10.1. The summed E-state index contributed by atoms with van der Waals surface area (Å²) in [5.74, 6) is 1.37. The van der Waals surface area contributed by atoms with Crippen molar-refractivity contribution in [3.63, 3.8) is 0 Å². The highest BCUT2D eigenvalue weighted by atomic mass is 16.5. The molecule has 2 aromatic rings. The fourth-order valence-corrected chi connectivity index (χ4v) is 2.46. The van der Waals surface area contributed by atoms with Crippen molar-refractivity contribution in [2.24, 2.45) is 5.73 Å². The first-order chi connectivity index (χ1) is 10.3. The third-order valence-corrected chi connectivity index (χ3v) is 3.56. The minimum absolute atomic E-state index is 0.102. The maximum absolute atomic E-state index is 5.65.